The Balaban J connectivity index is 0.000000121. The summed E-state index contributed by atoms with van der Waals surface area (Å²) in [6.45, 7) is 0. The van der Waals surface area contributed by atoms with Gasteiger partial charge in [-0.05, 0) is 33.7 Å². The van der Waals surface area contributed by atoms with E-state index in [1.807, 2.05) is 24.3 Å². The van der Waals surface area contributed by atoms with Crippen LogP contribution in [0.3, 0.4) is 0 Å². The fourth-order valence-electron chi connectivity index (χ4n) is 3.22. The van der Waals surface area contributed by atoms with Crippen molar-refractivity contribution in [2.45, 2.75) is 0 Å². The highest BCUT2D eigenvalue weighted by atomic mass is 16.5. The molecule has 4 aromatic carbocycles. The van der Waals surface area contributed by atoms with Gasteiger partial charge in [-0.25, -0.2) is 0 Å². The molecule has 0 saturated heterocycles. The highest BCUT2D eigenvalue weighted by molar-refractivity contribution is 6.02. The molecular formula is C23H18O. The van der Waals surface area contributed by atoms with E-state index in [0.717, 1.165) is 5.75 Å². The Morgan fingerprint density at radius 3 is 1.50 bits per heavy atom. The van der Waals surface area contributed by atoms with Crippen LogP contribution in [-0.2, 0) is 0 Å². The van der Waals surface area contributed by atoms with Gasteiger partial charge >= 0.3 is 0 Å². The van der Waals surface area contributed by atoms with Crippen molar-refractivity contribution in [2.75, 3.05) is 7.11 Å². The third-order valence-electron chi connectivity index (χ3n) is 4.40. The molecule has 4 aromatic rings. The third kappa shape index (κ3) is 2.44. The predicted octanol–water partition coefficient (Wildman–Crippen LogP) is 6.18. The van der Waals surface area contributed by atoms with Gasteiger partial charge in [-0.1, -0.05) is 84.9 Å². The van der Waals surface area contributed by atoms with Crippen LogP contribution in [0.2, 0.25) is 0 Å². The van der Waals surface area contributed by atoms with E-state index in [1.54, 1.807) is 7.11 Å². The summed E-state index contributed by atoms with van der Waals surface area (Å²) in [5.41, 5.74) is 5.59. The second kappa shape index (κ2) is 6.21. The van der Waals surface area contributed by atoms with Crippen molar-refractivity contribution in [1.82, 2.24) is 0 Å². The average molecular weight is 310 g/mol. The van der Waals surface area contributed by atoms with Crippen molar-refractivity contribution < 1.29 is 4.74 Å². The molecule has 0 saturated carbocycles. The smallest absolute Gasteiger partial charge is 0.126 e. The molecule has 24 heavy (non-hydrogen) atoms. The summed E-state index contributed by atoms with van der Waals surface area (Å²) in [5, 5.41) is 2.39. The topological polar surface area (TPSA) is 9.23 Å². The Kier molecular flexibility index (Phi) is 3.76. The zero-order valence-electron chi connectivity index (χ0n) is 13.6. The molecule has 0 heterocycles. The van der Waals surface area contributed by atoms with Gasteiger partial charge in [0.1, 0.15) is 5.75 Å². The molecule has 5 rings (SSSR count). The lowest BCUT2D eigenvalue weighted by atomic mass is 9.81. The summed E-state index contributed by atoms with van der Waals surface area (Å²) in [4.78, 5) is 0. The van der Waals surface area contributed by atoms with Crippen molar-refractivity contribution in [1.29, 1.82) is 0 Å². The van der Waals surface area contributed by atoms with Gasteiger partial charge in [-0.2, -0.15) is 0 Å². The van der Waals surface area contributed by atoms with E-state index in [9.17, 15) is 0 Å². The number of hydrogen-bond donors (Lipinski definition) is 0. The third-order valence-corrected chi connectivity index (χ3v) is 4.40. The van der Waals surface area contributed by atoms with Crippen LogP contribution in [0.15, 0.2) is 91.0 Å². The quantitative estimate of drug-likeness (QED) is 0.359. The first-order chi connectivity index (χ1) is 11.9. The summed E-state index contributed by atoms with van der Waals surface area (Å²) in [7, 11) is 1.70. The second-order valence-corrected chi connectivity index (χ2v) is 5.77. The first-order valence-electron chi connectivity index (χ1n) is 8.09. The van der Waals surface area contributed by atoms with Gasteiger partial charge in [-0.3, -0.25) is 0 Å². The lowest BCUT2D eigenvalue weighted by molar-refractivity contribution is 0.420. The van der Waals surface area contributed by atoms with E-state index in [2.05, 4.69) is 66.7 Å². The Morgan fingerprint density at radius 2 is 0.958 bits per heavy atom. The van der Waals surface area contributed by atoms with Crippen LogP contribution in [0, 0.1) is 0 Å². The zero-order chi connectivity index (χ0) is 16.4. The normalized spacial score (nSPS) is 10.7. The van der Waals surface area contributed by atoms with Crippen molar-refractivity contribution in [3.8, 4) is 28.0 Å². The molecule has 0 aliphatic heterocycles. The predicted molar refractivity (Wildman–Crippen MR) is 101 cm³/mol. The summed E-state index contributed by atoms with van der Waals surface area (Å²) >= 11 is 0. The summed E-state index contributed by atoms with van der Waals surface area (Å²) in [6, 6.07) is 31.3. The SMILES string of the molecule is COc1cccc2ccccc12.c1ccc2c(c1)-c1ccccc1-2. The largest absolute Gasteiger partial charge is 0.496 e. The van der Waals surface area contributed by atoms with E-state index in [-0.39, 0.29) is 0 Å². The number of methoxy groups -OCH3 is 1. The Hall–Kier alpha value is -3.06. The van der Waals surface area contributed by atoms with Gasteiger partial charge in [0.05, 0.1) is 7.11 Å². The summed E-state index contributed by atoms with van der Waals surface area (Å²) in [5.74, 6) is 0.938. The van der Waals surface area contributed by atoms with E-state index in [4.69, 9.17) is 4.74 Å². The van der Waals surface area contributed by atoms with Crippen molar-refractivity contribution >= 4 is 10.8 Å². The van der Waals surface area contributed by atoms with Crippen LogP contribution in [-0.4, -0.2) is 7.11 Å². The molecule has 1 nitrogen and oxygen atoms in total. The molecule has 0 fully saturated rings. The van der Waals surface area contributed by atoms with Gasteiger partial charge < -0.3 is 4.74 Å². The standard InChI is InChI=1S/C12H8.C11H10O/c1-2-6-10-9(5-1)11-7-3-4-8-12(10)11;1-12-11-8-4-6-9-5-2-3-7-10(9)11/h1-8H;2-8H,1H3. The Bertz CT molecular complexity index is 896. The first kappa shape index (κ1) is 14.5. The van der Waals surface area contributed by atoms with Crippen LogP contribution in [0.25, 0.3) is 33.0 Å². The van der Waals surface area contributed by atoms with E-state index in [0.29, 0.717) is 0 Å². The molecule has 0 amide bonds. The summed E-state index contributed by atoms with van der Waals surface area (Å²) in [6.07, 6.45) is 0. The second-order valence-electron chi connectivity index (χ2n) is 5.77. The molecule has 0 spiro atoms. The van der Waals surface area contributed by atoms with Crippen molar-refractivity contribution in [3.05, 3.63) is 91.0 Å². The molecule has 0 radical (unpaired) electrons. The van der Waals surface area contributed by atoms with E-state index < -0.39 is 0 Å². The molecule has 1 aliphatic carbocycles. The maximum atomic E-state index is 5.23. The van der Waals surface area contributed by atoms with Gasteiger partial charge in [0.2, 0.25) is 0 Å². The van der Waals surface area contributed by atoms with Crippen LogP contribution < -0.4 is 4.74 Å². The summed E-state index contributed by atoms with van der Waals surface area (Å²) < 4.78 is 5.23. The fraction of sp³-hybridized carbons (Fsp3) is 0.0435. The maximum Gasteiger partial charge on any atom is 0.126 e. The molecule has 0 atom stereocenters. The molecule has 1 aliphatic rings. The maximum absolute atomic E-state index is 5.23. The molecular weight excluding hydrogens is 292 g/mol. The number of rotatable bonds is 1. The minimum atomic E-state index is 0.938. The number of fused-ring (bicyclic) bond motifs is 5. The van der Waals surface area contributed by atoms with E-state index >= 15 is 0 Å². The van der Waals surface area contributed by atoms with Crippen LogP contribution >= 0.6 is 0 Å². The monoisotopic (exact) mass is 310 g/mol. The number of hydrogen-bond acceptors (Lipinski definition) is 1. The molecule has 0 bridgehead atoms. The van der Waals surface area contributed by atoms with Gasteiger partial charge in [0.15, 0.2) is 0 Å². The first-order valence-corrected chi connectivity index (χ1v) is 8.09. The Labute approximate surface area is 142 Å². The van der Waals surface area contributed by atoms with Crippen LogP contribution in [0.4, 0.5) is 0 Å². The minimum Gasteiger partial charge on any atom is -0.496 e. The van der Waals surface area contributed by atoms with Gasteiger partial charge in [-0.15, -0.1) is 0 Å². The molecule has 0 N–H and O–H groups in total. The van der Waals surface area contributed by atoms with Gasteiger partial charge in [0, 0.05) is 5.39 Å². The van der Waals surface area contributed by atoms with E-state index in [1.165, 1.54) is 33.0 Å². The molecule has 0 unspecified atom stereocenters. The average Bonchev–Trinajstić information content (AvgIpc) is 2.66. The molecule has 0 aromatic heterocycles. The lowest BCUT2D eigenvalue weighted by Crippen LogP contribution is -1.96. The van der Waals surface area contributed by atoms with Gasteiger partial charge in [0.25, 0.3) is 0 Å². The highest BCUT2D eigenvalue weighted by Gasteiger charge is 2.19. The molecule has 1 heteroatoms. The molecule has 116 valence electrons. The van der Waals surface area contributed by atoms with Crippen LogP contribution in [0.5, 0.6) is 5.75 Å². The van der Waals surface area contributed by atoms with Crippen molar-refractivity contribution in [3.63, 3.8) is 0 Å². The number of ether oxygens (including phenoxy) is 1. The fourth-order valence-corrected chi connectivity index (χ4v) is 3.22. The zero-order valence-corrected chi connectivity index (χ0v) is 13.6. The Morgan fingerprint density at radius 1 is 0.500 bits per heavy atom. The lowest BCUT2D eigenvalue weighted by Gasteiger charge is -2.22. The minimum absolute atomic E-state index is 0.938. The highest BCUT2D eigenvalue weighted by Crippen LogP contribution is 2.46. The van der Waals surface area contributed by atoms with Crippen LogP contribution in [0.1, 0.15) is 0 Å². The van der Waals surface area contributed by atoms with Crippen molar-refractivity contribution in [2.24, 2.45) is 0 Å². The number of benzene rings is 4.